The molecule has 0 saturated carbocycles. The van der Waals surface area contributed by atoms with Crippen LogP contribution < -0.4 is 10.1 Å². The Kier molecular flexibility index (Phi) is 6.32. The number of amidine groups is 1. The number of fused-ring (bicyclic) bond motifs is 1. The van der Waals surface area contributed by atoms with Gasteiger partial charge in [-0.15, -0.1) is 4.40 Å². The van der Waals surface area contributed by atoms with E-state index in [0.29, 0.717) is 0 Å². The van der Waals surface area contributed by atoms with Crippen molar-refractivity contribution in [2.45, 2.75) is 6.92 Å². The number of amides is 1. The lowest BCUT2D eigenvalue weighted by Gasteiger charge is -2.26. The van der Waals surface area contributed by atoms with Crippen LogP contribution in [0.2, 0.25) is 0 Å². The molecule has 0 aromatic heterocycles. The summed E-state index contributed by atoms with van der Waals surface area (Å²) in [6, 6.07) is 7.56. The largest absolute Gasteiger partial charge is 0.492 e. The quantitative estimate of drug-likeness (QED) is 0.506. The number of nitrogens with one attached hydrogen (secondary N) is 1. The SMILES string of the molecule is Cc1cccc(OCCNC(=O)COC(=O)C2=CN3CCS(=O)(=O)N=C3C=C2)c1. The molecule has 0 atom stereocenters. The number of hydrogen-bond donors (Lipinski definition) is 1. The Morgan fingerprint density at radius 3 is 2.90 bits per heavy atom. The lowest BCUT2D eigenvalue weighted by atomic mass is 10.2. The Morgan fingerprint density at radius 2 is 2.10 bits per heavy atom. The van der Waals surface area contributed by atoms with Crippen molar-refractivity contribution in [1.29, 1.82) is 0 Å². The van der Waals surface area contributed by atoms with Gasteiger partial charge in [0.15, 0.2) is 6.61 Å². The molecule has 0 unspecified atom stereocenters. The predicted molar refractivity (Wildman–Crippen MR) is 106 cm³/mol. The molecule has 0 saturated heterocycles. The molecule has 2 aliphatic rings. The topological polar surface area (TPSA) is 114 Å². The highest BCUT2D eigenvalue weighted by Crippen LogP contribution is 2.16. The summed E-state index contributed by atoms with van der Waals surface area (Å²) in [6.45, 7) is 2.29. The van der Waals surface area contributed by atoms with Gasteiger partial charge in [-0.3, -0.25) is 4.79 Å². The van der Waals surface area contributed by atoms with Crippen LogP contribution in [-0.4, -0.2) is 63.1 Å². The molecule has 29 heavy (non-hydrogen) atoms. The van der Waals surface area contributed by atoms with E-state index >= 15 is 0 Å². The molecule has 0 bridgehead atoms. The summed E-state index contributed by atoms with van der Waals surface area (Å²) in [5.41, 5.74) is 1.29. The van der Waals surface area contributed by atoms with E-state index in [0.717, 1.165) is 11.3 Å². The first-order valence-corrected chi connectivity index (χ1v) is 10.6. The van der Waals surface area contributed by atoms with Gasteiger partial charge in [0, 0.05) is 12.7 Å². The average molecular weight is 419 g/mol. The van der Waals surface area contributed by atoms with Crippen LogP contribution in [0.1, 0.15) is 5.56 Å². The van der Waals surface area contributed by atoms with E-state index < -0.39 is 28.5 Å². The Labute approximate surface area is 168 Å². The molecular formula is C19H21N3O6S. The van der Waals surface area contributed by atoms with Crippen molar-refractivity contribution in [3.8, 4) is 5.75 Å². The highest BCUT2D eigenvalue weighted by molar-refractivity contribution is 7.90. The Morgan fingerprint density at radius 1 is 1.28 bits per heavy atom. The van der Waals surface area contributed by atoms with Crippen LogP contribution in [0.4, 0.5) is 0 Å². The molecule has 0 fully saturated rings. The van der Waals surface area contributed by atoms with E-state index in [4.69, 9.17) is 9.47 Å². The molecule has 2 heterocycles. The lowest BCUT2D eigenvalue weighted by Crippen LogP contribution is -2.37. The van der Waals surface area contributed by atoms with Gasteiger partial charge in [0.1, 0.15) is 18.2 Å². The van der Waals surface area contributed by atoms with Crippen molar-refractivity contribution in [2.75, 3.05) is 32.1 Å². The second-order valence-electron chi connectivity index (χ2n) is 6.44. The smallest absolute Gasteiger partial charge is 0.340 e. The highest BCUT2D eigenvalue weighted by Gasteiger charge is 2.25. The van der Waals surface area contributed by atoms with Crippen molar-refractivity contribution in [1.82, 2.24) is 10.2 Å². The Balaban J connectivity index is 1.40. The third-order valence-corrected chi connectivity index (χ3v) is 5.24. The fourth-order valence-corrected chi connectivity index (χ4v) is 3.62. The lowest BCUT2D eigenvalue weighted by molar-refractivity contribution is -0.144. The highest BCUT2D eigenvalue weighted by atomic mass is 32.2. The zero-order chi connectivity index (χ0) is 20.9. The van der Waals surface area contributed by atoms with Gasteiger partial charge in [0.25, 0.3) is 15.9 Å². The molecule has 154 valence electrons. The monoisotopic (exact) mass is 419 g/mol. The van der Waals surface area contributed by atoms with E-state index in [1.807, 2.05) is 31.2 Å². The van der Waals surface area contributed by atoms with Crippen LogP contribution in [0.3, 0.4) is 0 Å². The number of nitrogens with zero attached hydrogens (tertiary/aromatic N) is 2. The minimum Gasteiger partial charge on any atom is -0.492 e. The van der Waals surface area contributed by atoms with Gasteiger partial charge >= 0.3 is 5.97 Å². The number of carbonyl (C=O) groups excluding carboxylic acids is 2. The number of aryl methyl sites for hydroxylation is 1. The van der Waals surface area contributed by atoms with Crippen molar-refractivity contribution in [3.05, 3.63) is 53.8 Å². The molecular weight excluding hydrogens is 398 g/mol. The fraction of sp³-hybridized carbons (Fsp3) is 0.316. The van der Waals surface area contributed by atoms with Crippen LogP contribution in [-0.2, 0) is 24.3 Å². The van der Waals surface area contributed by atoms with E-state index in [1.54, 1.807) is 4.90 Å². The zero-order valence-electron chi connectivity index (χ0n) is 15.8. The van der Waals surface area contributed by atoms with Crippen molar-refractivity contribution in [2.24, 2.45) is 4.40 Å². The molecule has 1 aromatic carbocycles. The summed E-state index contributed by atoms with van der Waals surface area (Å²) in [4.78, 5) is 25.5. The molecule has 3 rings (SSSR count). The average Bonchev–Trinajstić information content (AvgIpc) is 2.68. The van der Waals surface area contributed by atoms with Gasteiger partial charge in [-0.1, -0.05) is 12.1 Å². The second kappa shape index (κ2) is 8.91. The van der Waals surface area contributed by atoms with Crippen molar-refractivity contribution < 1.29 is 27.5 Å². The third kappa shape index (κ3) is 5.92. The molecule has 10 heteroatoms. The normalized spacial score (nSPS) is 16.9. The fourth-order valence-electron chi connectivity index (χ4n) is 2.65. The number of benzene rings is 1. The molecule has 1 aromatic rings. The first kappa shape index (κ1) is 20.6. The van der Waals surface area contributed by atoms with E-state index in [2.05, 4.69) is 9.71 Å². The molecule has 9 nitrogen and oxygen atoms in total. The molecule has 0 spiro atoms. The van der Waals surface area contributed by atoms with Gasteiger partial charge in [-0.2, -0.15) is 0 Å². The maximum Gasteiger partial charge on any atom is 0.340 e. The van der Waals surface area contributed by atoms with Gasteiger partial charge in [-0.25, -0.2) is 13.2 Å². The number of ether oxygens (including phenoxy) is 2. The molecule has 0 aliphatic carbocycles. The second-order valence-corrected chi connectivity index (χ2v) is 8.19. The minimum absolute atomic E-state index is 0.129. The Hall–Kier alpha value is -3.14. The first-order valence-electron chi connectivity index (χ1n) is 8.95. The minimum atomic E-state index is -3.46. The molecule has 2 aliphatic heterocycles. The van der Waals surface area contributed by atoms with E-state index in [1.165, 1.54) is 18.4 Å². The standard InChI is InChI=1S/C19H21N3O6S/c1-14-3-2-4-16(11-14)27-9-7-20-18(23)13-28-19(24)15-5-6-17-21-29(25,26)10-8-22(17)12-15/h2-6,11-12H,7-10,13H2,1H3,(H,20,23). The third-order valence-electron chi connectivity index (χ3n) is 4.08. The Bertz CT molecular complexity index is 997. The zero-order valence-corrected chi connectivity index (χ0v) is 16.6. The van der Waals surface area contributed by atoms with E-state index in [9.17, 15) is 18.0 Å². The van der Waals surface area contributed by atoms with Gasteiger partial charge in [0.05, 0.1) is 17.9 Å². The van der Waals surface area contributed by atoms with Gasteiger partial charge in [-0.05, 0) is 36.8 Å². The van der Waals surface area contributed by atoms with Crippen molar-refractivity contribution in [3.63, 3.8) is 0 Å². The maximum absolute atomic E-state index is 12.1. The summed E-state index contributed by atoms with van der Waals surface area (Å²) in [7, 11) is -3.46. The van der Waals surface area contributed by atoms with Crippen LogP contribution in [0.25, 0.3) is 0 Å². The number of hydrogen-bond acceptors (Lipinski definition) is 7. The maximum atomic E-state index is 12.1. The first-order chi connectivity index (χ1) is 13.8. The molecule has 0 radical (unpaired) electrons. The van der Waals surface area contributed by atoms with Gasteiger partial charge in [0.2, 0.25) is 0 Å². The van der Waals surface area contributed by atoms with Crippen molar-refractivity contribution >= 4 is 27.7 Å². The number of esters is 1. The van der Waals surface area contributed by atoms with Crippen LogP contribution >= 0.6 is 0 Å². The van der Waals surface area contributed by atoms with Crippen LogP contribution in [0.5, 0.6) is 5.75 Å². The summed E-state index contributed by atoms with van der Waals surface area (Å²) in [5.74, 6) is -0.289. The van der Waals surface area contributed by atoms with Crippen LogP contribution in [0.15, 0.2) is 52.6 Å². The van der Waals surface area contributed by atoms with E-state index in [-0.39, 0.29) is 36.9 Å². The summed E-state index contributed by atoms with van der Waals surface area (Å²) in [6.07, 6.45) is 4.30. The number of rotatable bonds is 7. The molecule has 1 N–H and O–H groups in total. The summed E-state index contributed by atoms with van der Waals surface area (Å²) < 4.78 is 37.1. The summed E-state index contributed by atoms with van der Waals surface area (Å²) >= 11 is 0. The molecule has 1 amide bonds. The predicted octanol–water partition coefficient (Wildman–Crippen LogP) is 0.531. The van der Waals surface area contributed by atoms with Crippen LogP contribution in [0, 0.1) is 6.92 Å². The van der Waals surface area contributed by atoms with Gasteiger partial charge < -0.3 is 19.7 Å². The number of carbonyl (C=O) groups is 2. The number of sulfonamides is 1. The summed E-state index contributed by atoms with van der Waals surface area (Å²) in [5, 5.41) is 2.61.